The molecule has 0 spiro atoms. The van der Waals surface area contributed by atoms with Gasteiger partial charge in [-0.3, -0.25) is 4.72 Å². The molecule has 9 nitrogen and oxygen atoms in total. The summed E-state index contributed by atoms with van der Waals surface area (Å²) >= 11 is 0. The van der Waals surface area contributed by atoms with Crippen LogP contribution in [0.15, 0.2) is 53.4 Å². The van der Waals surface area contributed by atoms with Crippen molar-refractivity contribution in [2.24, 2.45) is 0 Å². The molecule has 2 aliphatic rings. The van der Waals surface area contributed by atoms with E-state index in [0.717, 1.165) is 24.2 Å². The van der Waals surface area contributed by atoms with Crippen molar-refractivity contribution < 1.29 is 17.9 Å². The van der Waals surface area contributed by atoms with E-state index in [1.165, 1.54) is 31.4 Å². The van der Waals surface area contributed by atoms with Gasteiger partial charge in [0.05, 0.1) is 4.90 Å². The van der Waals surface area contributed by atoms with E-state index in [-0.39, 0.29) is 4.90 Å². The third-order valence-electron chi connectivity index (χ3n) is 6.03. The van der Waals surface area contributed by atoms with Crippen molar-refractivity contribution in [1.29, 1.82) is 0 Å². The maximum Gasteiger partial charge on any atom is 0.262 e. The maximum absolute atomic E-state index is 12.9. The molecule has 5 rings (SSSR count). The minimum absolute atomic E-state index is 0.110. The Hall–Kier alpha value is -3.53. The molecule has 35 heavy (non-hydrogen) atoms. The highest BCUT2D eigenvalue weighted by Crippen LogP contribution is 2.33. The van der Waals surface area contributed by atoms with Gasteiger partial charge in [0.25, 0.3) is 10.0 Å². The van der Waals surface area contributed by atoms with Gasteiger partial charge in [0.15, 0.2) is 11.5 Å². The van der Waals surface area contributed by atoms with Gasteiger partial charge in [0.1, 0.15) is 19.0 Å². The number of ether oxygens (including phenoxy) is 2. The number of aryl methyl sites for hydroxylation is 1. The van der Waals surface area contributed by atoms with Crippen LogP contribution in [-0.2, 0) is 10.0 Å². The van der Waals surface area contributed by atoms with Gasteiger partial charge in [0, 0.05) is 35.2 Å². The van der Waals surface area contributed by atoms with Crippen LogP contribution in [0, 0.1) is 6.92 Å². The van der Waals surface area contributed by atoms with Crippen LogP contribution in [0.4, 0.5) is 23.1 Å². The first-order valence-corrected chi connectivity index (χ1v) is 13.3. The van der Waals surface area contributed by atoms with E-state index in [1.807, 2.05) is 13.0 Å². The molecule has 1 saturated carbocycles. The number of fused-ring (bicyclic) bond motifs is 1. The van der Waals surface area contributed by atoms with Crippen LogP contribution in [0.25, 0.3) is 0 Å². The van der Waals surface area contributed by atoms with Crippen molar-refractivity contribution in [3.8, 4) is 11.5 Å². The van der Waals surface area contributed by atoms with E-state index < -0.39 is 10.0 Å². The largest absolute Gasteiger partial charge is 0.486 e. The van der Waals surface area contributed by atoms with Crippen LogP contribution >= 0.6 is 0 Å². The van der Waals surface area contributed by atoms with E-state index in [1.54, 1.807) is 30.3 Å². The Morgan fingerprint density at radius 3 is 2.34 bits per heavy atom. The van der Waals surface area contributed by atoms with E-state index in [2.05, 4.69) is 25.3 Å². The molecule has 0 atom stereocenters. The Balaban J connectivity index is 1.25. The number of rotatable bonds is 7. The summed E-state index contributed by atoms with van der Waals surface area (Å²) in [5.74, 6) is 2.28. The molecule has 0 radical (unpaired) electrons. The molecular formula is C25H29N5O4S. The van der Waals surface area contributed by atoms with Gasteiger partial charge in [-0.2, -0.15) is 4.98 Å². The lowest BCUT2D eigenvalue weighted by atomic mass is 9.96. The molecule has 1 aromatic heterocycles. The highest BCUT2D eigenvalue weighted by atomic mass is 32.2. The summed E-state index contributed by atoms with van der Waals surface area (Å²) in [6, 6.07) is 13.9. The van der Waals surface area contributed by atoms with Crippen LogP contribution in [0.5, 0.6) is 11.5 Å². The van der Waals surface area contributed by atoms with Crippen molar-refractivity contribution in [1.82, 2.24) is 9.97 Å². The third-order valence-corrected chi connectivity index (χ3v) is 7.41. The Bertz CT molecular complexity index is 1290. The van der Waals surface area contributed by atoms with Crippen LogP contribution in [-0.4, -0.2) is 37.6 Å². The topological polar surface area (TPSA) is 114 Å². The third kappa shape index (κ3) is 5.76. The second-order valence-corrected chi connectivity index (χ2v) is 10.5. The minimum atomic E-state index is -3.78. The molecule has 2 aromatic carbocycles. The van der Waals surface area contributed by atoms with Crippen molar-refractivity contribution in [3.05, 3.63) is 54.2 Å². The minimum Gasteiger partial charge on any atom is -0.486 e. The molecule has 10 heteroatoms. The predicted octanol–water partition coefficient (Wildman–Crippen LogP) is 4.85. The summed E-state index contributed by atoms with van der Waals surface area (Å²) in [6.45, 7) is 2.78. The van der Waals surface area contributed by atoms with Gasteiger partial charge < -0.3 is 20.1 Å². The number of nitrogens with one attached hydrogen (secondary N) is 3. The molecule has 1 fully saturated rings. The highest BCUT2D eigenvalue weighted by molar-refractivity contribution is 7.92. The number of aromatic nitrogens is 2. The van der Waals surface area contributed by atoms with Gasteiger partial charge in [-0.15, -0.1) is 0 Å². The number of hydrogen-bond donors (Lipinski definition) is 3. The summed E-state index contributed by atoms with van der Waals surface area (Å²) in [5.41, 5.74) is 2.10. The van der Waals surface area contributed by atoms with E-state index in [4.69, 9.17) is 9.47 Å². The first-order valence-electron chi connectivity index (χ1n) is 11.9. The van der Waals surface area contributed by atoms with E-state index in [9.17, 15) is 8.42 Å². The van der Waals surface area contributed by atoms with Crippen molar-refractivity contribution in [2.75, 3.05) is 28.6 Å². The Morgan fingerprint density at radius 1 is 0.857 bits per heavy atom. The van der Waals surface area contributed by atoms with Gasteiger partial charge in [-0.05, 0) is 56.2 Å². The van der Waals surface area contributed by atoms with Crippen LogP contribution in [0.3, 0.4) is 0 Å². The zero-order chi connectivity index (χ0) is 24.3. The average Bonchev–Trinajstić information content (AvgIpc) is 2.85. The number of sulfonamides is 1. The molecule has 0 amide bonds. The zero-order valence-corrected chi connectivity index (χ0v) is 20.4. The fraction of sp³-hybridized carbons (Fsp3) is 0.360. The summed E-state index contributed by atoms with van der Waals surface area (Å²) in [7, 11) is -3.78. The summed E-state index contributed by atoms with van der Waals surface area (Å²) < 4.78 is 39.3. The van der Waals surface area contributed by atoms with Gasteiger partial charge in [-0.1, -0.05) is 19.3 Å². The number of nitrogens with zero attached hydrogens (tertiary/aromatic N) is 2. The number of anilines is 4. The Kier molecular flexibility index (Phi) is 6.63. The first-order chi connectivity index (χ1) is 16.9. The molecule has 0 unspecified atom stereocenters. The molecule has 1 aliphatic carbocycles. The molecule has 2 heterocycles. The van der Waals surface area contributed by atoms with Crippen molar-refractivity contribution in [3.63, 3.8) is 0 Å². The lowest BCUT2D eigenvalue weighted by molar-refractivity contribution is 0.171. The summed E-state index contributed by atoms with van der Waals surface area (Å²) in [5, 5.41) is 6.74. The molecule has 3 N–H and O–H groups in total. The smallest absolute Gasteiger partial charge is 0.262 e. The number of benzene rings is 2. The standard InChI is InChI=1S/C25H29N5O4S/c1-17-15-24(29-25(26-17)28-18-5-3-2-4-6-18)27-19-7-9-20(10-8-19)30-35(31,32)21-11-12-22-23(16-21)34-14-13-33-22/h7-12,15-16,18,30H,2-6,13-14H2,1H3,(H2,26,27,28,29). The lowest BCUT2D eigenvalue weighted by Gasteiger charge is -2.23. The van der Waals surface area contributed by atoms with Gasteiger partial charge >= 0.3 is 0 Å². The molecular weight excluding hydrogens is 466 g/mol. The Morgan fingerprint density at radius 2 is 1.57 bits per heavy atom. The lowest BCUT2D eigenvalue weighted by Crippen LogP contribution is -2.23. The molecule has 3 aromatic rings. The average molecular weight is 496 g/mol. The van der Waals surface area contributed by atoms with Crippen molar-refractivity contribution in [2.45, 2.75) is 50.0 Å². The van der Waals surface area contributed by atoms with Gasteiger partial charge in [-0.25, -0.2) is 13.4 Å². The highest BCUT2D eigenvalue weighted by Gasteiger charge is 2.20. The Labute approximate surface area is 205 Å². The zero-order valence-electron chi connectivity index (χ0n) is 19.6. The SMILES string of the molecule is Cc1cc(Nc2ccc(NS(=O)(=O)c3ccc4c(c3)OCCO4)cc2)nc(NC2CCCCC2)n1. The van der Waals surface area contributed by atoms with Crippen molar-refractivity contribution >= 4 is 33.2 Å². The van der Waals surface area contributed by atoms with Crippen LogP contribution in [0.2, 0.25) is 0 Å². The molecule has 0 bridgehead atoms. The maximum atomic E-state index is 12.9. The molecule has 1 aliphatic heterocycles. The van der Waals surface area contributed by atoms with E-state index >= 15 is 0 Å². The predicted molar refractivity (Wildman–Crippen MR) is 135 cm³/mol. The summed E-state index contributed by atoms with van der Waals surface area (Å²) in [6.07, 6.45) is 6.05. The normalized spacial score (nSPS) is 15.9. The second-order valence-electron chi connectivity index (χ2n) is 8.81. The fourth-order valence-electron chi connectivity index (χ4n) is 4.30. The fourth-order valence-corrected chi connectivity index (χ4v) is 5.37. The van der Waals surface area contributed by atoms with Crippen LogP contribution in [0.1, 0.15) is 37.8 Å². The second kappa shape index (κ2) is 9.99. The monoisotopic (exact) mass is 495 g/mol. The van der Waals surface area contributed by atoms with Crippen LogP contribution < -0.4 is 24.8 Å². The van der Waals surface area contributed by atoms with Gasteiger partial charge in [0.2, 0.25) is 5.95 Å². The first kappa shape index (κ1) is 23.2. The van der Waals surface area contributed by atoms with E-state index in [0.29, 0.717) is 48.2 Å². The quantitative estimate of drug-likeness (QED) is 0.426. The molecule has 0 saturated heterocycles. The number of hydrogen-bond acceptors (Lipinski definition) is 8. The summed E-state index contributed by atoms with van der Waals surface area (Å²) in [4.78, 5) is 9.25. The molecule has 184 valence electrons.